The van der Waals surface area contributed by atoms with Crippen LogP contribution in [0.5, 0.6) is 5.75 Å². The summed E-state index contributed by atoms with van der Waals surface area (Å²) in [7, 11) is 1.68. The van der Waals surface area contributed by atoms with Gasteiger partial charge in [-0.3, -0.25) is 10.1 Å². The molecule has 1 saturated heterocycles. The number of carbonyl (C=O) groups excluding carboxylic acids is 1. The van der Waals surface area contributed by atoms with Crippen LogP contribution in [0.2, 0.25) is 0 Å². The van der Waals surface area contributed by atoms with Crippen LogP contribution in [0.1, 0.15) is 32.1 Å². The fourth-order valence-electron chi connectivity index (χ4n) is 4.61. The Morgan fingerprint density at radius 1 is 1.18 bits per heavy atom. The SMILES string of the molecule is COc1cccc(N2CCN(C3=NC4(CCCCC4)[C@@H](C#N)C(=O)N3)CC2)c1. The average molecular weight is 381 g/mol. The predicted molar refractivity (Wildman–Crippen MR) is 107 cm³/mol. The lowest BCUT2D eigenvalue weighted by Crippen LogP contribution is -2.60. The molecule has 2 heterocycles. The van der Waals surface area contributed by atoms with Gasteiger partial charge >= 0.3 is 0 Å². The molecule has 148 valence electrons. The summed E-state index contributed by atoms with van der Waals surface area (Å²) in [6.07, 6.45) is 4.88. The molecule has 0 unspecified atom stereocenters. The van der Waals surface area contributed by atoms with Crippen LogP contribution >= 0.6 is 0 Å². The zero-order valence-corrected chi connectivity index (χ0v) is 16.4. The van der Waals surface area contributed by atoms with Crippen molar-refractivity contribution >= 4 is 17.6 Å². The molecule has 1 aliphatic carbocycles. The molecule has 1 N–H and O–H groups in total. The number of hydrogen-bond acceptors (Lipinski definition) is 6. The van der Waals surface area contributed by atoms with E-state index in [9.17, 15) is 10.1 Å². The van der Waals surface area contributed by atoms with Gasteiger partial charge in [-0.2, -0.15) is 5.26 Å². The Balaban J connectivity index is 1.49. The number of nitriles is 1. The molecule has 7 heteroatoms. The Kier molecular flexibility index (Phi) is 5.12. The molecule has 4 rings (SSSR count). The minimum atomic E-state index is -0.672. The maximum absolute atomic E-state index is 12.6. The number of aliphatic imine (C=N–C) groups is 1. The first kappa shape index (κ1) is 18.6. The molecule has 0 aromatic heterocycles. The highest BCUT2D eigenvalue weighted by atomic mass is 16.5. The van der Waals surface area contributed by atoms with Gasteiger partial charge < -0.3 is 14.5 Å². The maximum atomic E-state index is 12.6. The van der Waals surface area contributed by atoms with Gasteiger partial charge in [0, 0.05) is 37.9 Å². The molecule has 1 aromatic rings. The lowest BCUT2D eigenvalue weighted by Gasteiger charge is -2.44. The summed E-state index contributed by atoms with van der Waals surface area (Å²) >= 11 is 0. The van der Waals surface area contributed by atoms with Gasteiger partial charge in [0.15, 0.2) is 5.92 Å². The monoisotopic (exact) mass is 381 g/mol. The zero-order valence-electron chi connectivity index (χ0n) is 16.4. The standard InChI is InChI=1S/C21H27N5O2/c1-28-17-7-5-6-16(14-17)25-10-12-26(13-11-25)20-23-19(27)18(15-22)21(24-20)8-3-2-4-9-21/h5-7,14,18H,2-4,8-13H2,1H3,(H,23,24,27)/t18-/m0/s1. The van der Waals surface area contributed by atoms with Gasteiger partial charge in [0.25, 0.3) is 0 Å². The van der Waals surface area contributed by atoms with Crippen molar-refractivity contribution in [1.29, 1.82) is 5.26 Å². The zero-order chi connectivity index (χ0) is 19.6. The van der Waals surface area contributed by atoms with E-state index in [1.54, 1.807) is 7.11 Å². The third-order valence-corrected chi connectivity index (χ3v) is 6.21. The molecular formula is C21H27N5O2. The molecule has 0 bridgehead atoms. The fourth-order valence-corrected chi connectivity index (χ4v) is 4.61. The molecule has 7 nitrogen and oxygen atoms in total. The second-order valence-corrected chi connectivity index (χ2v) is 7.83. The number of methoxy groups -OCH3 is 1. The van der Waals surface area contributed by atoms with Crippen LogP contribution in [-0.2, 0) is 4.79 Å². The van der Waals surface area contributed by atoms with E-state index < -0.39 is 11.5 Å². The van der Waals surface area contributed by atoms with Gasteiger partial charge in [0.05, 0.1) is 18.7 Å². The second kappa shape index (κ2) is 7.70. The Morgan fingerprint density at radius 3 is 2.57 bits per heavy atom. The largest absolute Gasteiger partial charge is 0.497 e. The van der Waals surface area contributed by atoms with E-state index >= 15 is 0 Å². The Hall–Kier alpha value is -2.75. The van der Waals surface area contributed by atoms with Gasteiger partial charge in [-0.25, -0.2) is 4.99 Å². The number of guanidine groups is 1. The summed E-state index contributed by atoms with van der Waals surface area (Å²) in [5.74, 6) is 0.647. The first-order valence-electron chi connectivity index (χ1n) is 10.1. The van der Waals surface area contributed by atoms with Crippen LogP contribution in [0.3, 0.4) is 0 Å². The van der Waals surface area contributed by atoms with Crippen LogP contribution in [-0.4, -0.2) is 55.6 Å². The Morgan fingerprint density at radius 2 is 1.89 bits per heavy atom. The lowest BCUT2D eigenvalue weighted by molar-refractivity contribution is -0.125. The predicted octanol–water partition coefficient (Wildman–Crippen LogP) is 2.15. The van der Waals surface area contributed by atoms with E-state index in [4.69, 9.17) is 9.73 Å². The summed E-state index contributed by atoms with van der Waals surface area (Å²) in [6.45, 7) is 3.25. The quantitative estimate of drug-likeness (QED) is 0.849. The average Bonchev–Trinajstić information content (AvgIpc) is 2.74. The second-order valence-electron chi connectivity index (χ2n) is 7.83. The summed E-state index contributed by atoms with van der Waals surface area (Å²) in [4.78, 5) is 22.1. The van der Waals surface area contributed by atoms with Crippen molar-refractivity contribution in [3.63, 3.8) is 0 Å². The highest BCUT2D eigenvalue weighted by Gasteiger charge is 2.48. The third-order valence-electron chi connectivity index (χ3n) is 6.21. The van der Waals surface area contributed by atoms with Crippen molar-refractivity contribution in [3.8, 4) is 11.8 Å². The molecule has 2 aliphatic heterocycles. The number of piperazine rings is 1. The van der Waals surface area contributed by atoms with Gasteiger partial charge in [0.2, 0.25) is 11.9 Å². The van der Waals surface area contributed by atoms with Gasteiger partial charge in [-0.1, -0.05) is 25.3 Å². The van der Waals surface area contributed by atoms with Crippen LogP contribution in [0.25, 0.3) is 0 Å². The molecular weight excluding hydrogens is 354 g/mol. The number of nitrogens with one attached hydrogen (secondary N) is 1. The highest BCUT2D eigenvalue weighted by molar-refractivity contribution is 6.02. The topological polar surface area (TPSA) is 81.0 Å². The number of amides is 1. The summed E-state index contributed by atoms with van der Waals surface area (Å²) < 4.78 is 5.33. The van der Waals surface area contributed by atoms with Gasteiger partial charge in [0.1, 0.15) is 5.75 Å². The van der Waals surface area contributed by atoms with Crippen molar-refractivity contribution in [3.05, 3.63) is 24.3 Å². The number of anilines is 1. The normalized spacial score (nSPS) is 24.4. The number of carbonyl (C=O) groups is 1. The number of ether oxygens (including phenoxy) is 1. The van der Waals surface area contributed by atoms with Gasteiger partial charge in [-0.15, -0.1) is 0 Å². The molecule has 3 aliphatic rings. The summed E-state index contributed by atoms with van der Waals surface area (Å²) in [6, 6.07) is 10.3. The smallest absolute Gasteiger partial charge is 0.246 e. The fraction of sp³-hybridized carbons (Fsp3) is 0.571. The third kappa shape index (κ3) is 3.39. The maximum Gasteiger partial charge on any atom is 0.246 e. The van der Waals surface area contributed by atoms with Crippen LogP contribution in [0.15, 0.2) is 29.3 Å². The lowest BCUT2D eigenvalue weighted by atomic mass is 9.72. The van der Waals surface area contributed by atoms with Crippen molar-refractivity contribution in [2.24, 2.45) is 10.9 Å². The van der Waals surface area contributed by atoms with Gasteiger partial charge in [-0.05, 0) is 25.0 Å². The Bertz CT molecular complexity index is 801. The summed E-state index contributed by atoms with van der Waals surface area (Å²) in [5, 5.41) is 12.5. The molecule has 1 aromatic carbocycles. The number of hydrogen-bond donors (Lipinski definition) is 1. The van der Waals surface area contributed by atoms with E-state index in [2.05, 4.69) is 27.3 Å². The van der Waals surface area contributed by atoms with E-state index in [0.717, 1.165) is 69.7 Å². The van der Waals surface area contributed by atoms with E-state index in [1.807, 2.05) is 18.2 Å². The number of nitrogens with zero attached hydrogens (tertiary/aromatic N) is 4. The van der Waals surface area contributed by atoms with Crippen molar-refractivity contribution in [1.82, 2.24) is 10.2 Å². The summed E-state index contributed by atoms with van der Waals surface area (Å²) in [5.41, 5.74) is 0.608. The minimum Gasteiger partial charge on any atom is -0.497 e. The first-order chi connectivity index (χ1) is 13.6. The van der Waals surface area contributed by atoms with E-state index in [1.165, 1.54) is 0 Å². The van der Waals surface area contributed by atoms with Crippen molar-refractivity contribution in [2.75, 3.05) is 38.2 Å². The molecule has 1 spiro atoms. The highest BCUT2D eigenvalue weighted by Crippen LogP contribution is 2.40. The van der Waals surface area contributed by atoms with Crippen LogP contribution < -0.4 is 15.0 Å². The molecule has 1 amide bonds. The molecule has 1 atom stereocenters. The number of benzene rings is 1. The molecule has 28 heavy (non-hydrogen) atoms. The van der Waals surface area contributed by atoms with Crippen LogP contribution in [0, 0.1) is 17.2 Å². The van der Waals surface area contributed by atoms with Crippen LogP contribution in [0.4, 0.5) is 5.69 Å². The minimum absolute atomic E-state index is 0.190. The molecule has 1 saturated carbocycles. The Labute approximate surface area is 166 Å². The van der Waals surface area contributed by atoms with E-state index in [0.29, 0.717) is 5.96 Å². The molecule has 2 fully saturated rings. The molecule has 0 radical (unpaired) electrons. The van der Waals surface area contributed by atoms with E-state index in [-0.39, 0.29) is 5.91 Å². The van der Waals surface area contributed by atoms with Crippen molar-refractivity contribution < 1.29 is 9.53 Å². The number of rotatable bonds is 2. The first-order valence-corrected chi connectivity index (χ1v) is 10.1. The van der Waals surface area contributed by atoms with Crippen molar-refractivity contribution in [2.45, 2.75) is 37.6 Å².